The van der Waals surface area contributed by atoms with Crippen LogP contribution in [0.3, 0.4) is 0 Å². The molecular weight excluding hydrogens is 590 g/mol. The summed E-state index contributed by atoms with van der Waals surface area (Å²) in [7, 11) is 0. The van der Waals surface area contributed by atoms with Crippen LogP contribution in [0, 0.1) is 0 Å². The second-order valence-corrected chi connectivity index (χ2v) is 10.4. The molecule has 1 aliphatic heterocycles. The Balaban J connectivity index is 1.35. The van der Waals surface area contributed by atoms with Crippen molar-refractivity contribution in [3.63, 3.8) is 0 Å². The molecule has 1 fully saturated rings. The predicted molar refractivity (Wildman–Crippen MR) is 162 cm³/mol. The molecule has 2 aromatic heterocycles. The minimum atomic E-state index is -0.738. The summed E-state index contributed by atoms with van der Waals surface area (Å²) in [4.78, 5) is 50.1. The number of carbonyl (C=O) groups is 1. The second kappa shape index (κ2) is 14.1. The lowest BCUT2D eigenvalue weighted by Crippen LogP contribution is -2.43. The van der Waals surface area contributed by atoms with Gasteiger partial charge in [0.1, 0.15) is 11.4 Å². The number of carbonyl (C=O) groups excluding carboxylic acids is 1. The molecule has 0 saturated carbocycles. The van der Waals surface area contributed by atoms with Crippen LogP contribution in [0.4, 0.5) is 11.6 Å². The Hall–Kier alpha value is -4.85. The van der Waals surface area contributed by atoms with E-state index in [0.717, 1.165) is 29.4 Å². The van der Waals surface area contributed by atoms with E-state index in [1.54, 1.807) is 48.5 Å². The highest BCUT2D eigenvalue weighted by Crippen LogP contribution is 2.23. The van der Waals surface area contributed by atoms with E-state index in [1.165, 1.54) is 17.0 Å². The third-order valence-electron chi connectivity index (χ3n) is 6.61. The monoisotopic (exact) mass is 619 g/mol. The molecule has 3 N–H and O–H groups in total. The van der Waals surface area contributed by atoms with E-state index in [4.69, 9.17) is 31.5 Å². The van der Waals surface area contributed by atoms with Crippen molar-refractivity contribution in [1.82, 2.24) is 24.1 Å². The number of nitrogens with zero attached hydrogens (tertiary/aromatic N) is 5. The Morgan fingerprint density at radius 1 is 1.07 bits per heavy atom. The second-order valence-electron chi connectivity index (χ2n) is 10.0. The zero-order valence-corrected chi connectivity index (χ0v) is 24.4. The zero-order valence-electron chi connectivity index (χ0n) is 23.6. The topological polar surface area (TPSA) is 165 Å². The lowest BCUT2D eigenvalue weighted by molar-refractivity contribution is -0.157. The Morgan fingerprint density at radius 3 is 2.50 bits per heavy atom. The molecule has 0 bridgehead atoms. The van der Waals surface area contributed by atoms with Crippen LogP contribution < -0.4 is 27.2 Å². The van der Waals surface area contributed by atoms with Crippen molar-refractivity contribution < 1.29 is 19.0 Å². The lowest BCUT2D eigenvalue weighted by atomic mass is 10.2. The molecule has 4 aromatic rings. The third-order valence-corrected chi connectivity index (χ3v) is 6.86. The van der Waals surface area contributed by atoms with Crippen molar-refractivity contribution in [2.75, 3.05) is 18.5 Å². The maximum absolute atomic E-state index is 13.7. The van der Waals surface area contributed by atoms with Gasteiger partial charge in [-0.25, -0.2) is 24.1 Å². The molecule has 2 aromatic carbocycles. The normalized spacial score (nSPS) is 14.6. The molecule has 0 radical (unpaired) electrons. The first-order valence-electron chi connectivity index (χ1n) is 13.8. The van der Waals surface area contributed by atoms with Crippen LogP contribution in [-0.2, 0) is 22.6 Å². The van der Waals surface area contributed by atoms with Crippen molar-refractivity contribution in [3.8, 4) is 11.6 Å². The summed E-state index contributed by atoms with van der Waals surface area (Å²) >= 11 is 6.05. The van der Waals surface area contributed by atoms with Gasteiger partial charge in [-0.2, -0.15) is 4.98 Å². The summed E-state index contributed by atoms with van der Waals surface area (Å²) in [5.74, 6) is -0.0572. The van der Waals surface area contributed by atoms with Crippen LogP contribution in [0.25, 0.3) is 0 Å². The number of hydrogen-bond acceptors (Lipinski definition) is 10. The fourth-order valence-corrected chi connectivity index (χ4v) is 4.48. The fraction of sp³-hybridized carbons (Fsp3) is 0.267. The number of aromatic nitrogens is 5. The van der Waals surface area contributed by atoms with E-state index in [0.29, 0.717) is 28.6 Å². The molecule has 14 heteroatoms. The molecular formula is C30H30ClN7O6. The summed E-state index contributed by atoms with van der Waals surface area (Å²) in [5, 5.41) is 3.61. The maximum Gasteiger partial charge on any atom is 0.355 e. The van der Waals surface area contributed by atoms with Gasteiger partial charge in [0.25, 0.3) is 5.91 Å². The standard InChI is InChI=1S/C30H30ClN7O6/c1-19(18-43-26-4-2-3-13-42-26)16-38-29(40)36-28(37(30(38)41)17-20-5-7-21(31)8-6-20)35-22-9-11-23(12-10-22)44-25-15-33-24(14-34-25)27(32)39/h5-12,14-15,26H,1-4,13,16-18H2,(H2,32,39)(H,35,36,40). The minimum Gasteiger partial charge on any atom is -0.438 e. The highest BCUT2D eigenvalue weighted by atomic mass is 35.5. The Bertz CT molecular complexity index is 1730. The average molecular weight is 620 g/mol. The number of ether oxygens (including phenoxy) is 3. The van der Waals surface area contributed by atoms with Crippen LogP contribution in [0.1, 0.15) is 35.3 Å². The number of rotatable bonds is 12. The van der Waals surface area contributed by atoms with E-state index in [1.807, 2.05) is 0 Å². The van der Waals surface area contributed by atoms with Gasteiger partial charge in [0, 0.05) is 17.3 Å². The molecule has 1 aliphatic rings. The first-order valence-corrected chi connectivity index (χ1v) is 14.2. The predicted octanol–water partition coefficient (Wildman–Crippen LogP) is 3.63. The molecule has 1 atom stereocenters. The summed E-state index contributed by atoms with van der Waals surface area (Å²) in [5.41, 5.74) is 5.73. The lowest BCUT2D eigenvalue weighted by Gasteiger charge is -2.23. The molecule has 0 aliphatic carbocycles. The third kappa shape index (κ3) is 7.95. The molecule has 13 nitrogen and oxygen atoms in total. The van der Waals surface area contributed by atoms with Gasteiger partial charge < -0.3 is 25.3 Å². The molecule has 5 rings (SSSR count). The van der Waals surface area contributed by atoms with Gasteiger partial charge in [-0.15, -0.1) is 0 Å². The number of anilines is 2. The number of amides is 1. The largest absolute Gasteiger partial charge is 0.438 e. The van der Waals surface area contributed by atoms with Gasteiger partial charge in [-0.1, -0.05) is 30.3 Å². The summed E-state index contributed by atoms with van der Waals surface area (Å²) < 4.78 is 19.4. The van der Waals surface area contributed by atoms with Gasteiger partial charge in [-0.3, -0.25) is 9.36 Å². The van der Waals surface area contributed by atoms with Crippen molar-refractivity contribution in [3.05, 3.63) is 110 Å². The quantitative estimate of drug-likeness (QED) is 0.224. The first-order chi connectivity index (χ1) is 21.2. The van der Waals surface area contributed by atoms with Gasteiger partial charge in [0.2, 0.25) is 11.8 Å². The number of nitrogens with one attached hydrogen (secondary N) is 1. The number of nitrogens with two attached hydrogens (primary N) is 1. The van der Waals surface area contributed by atoms with Crippen molar-refractivity contribution in [1.29, 1.82) is 0 Å². The summed E-state index contributed by atoms with van der Waals surface area (Å²) in [6.45, 7) is 4.83. The first kappa shape index (κ1) is 30.6. The van der Waals surface area contributed by atoms with Crippen molar-refractivity contribution >= 4 is 29.1 Å². The Morgan fingerprint density at radius 2 is 1.84 bits per heavy atom. The van der Waals surface area contributed by atoms with Gasteiger partial charge >= 0.3 is 11.4 Å². The number of hydrogen-bond donors (Lipinski definition) is 2. The van der Waals surface area contributed by atoms with E-state index in [-0.39, 0.29) is 43.5 Å². The fourth-order valence-electron chi connectivity index (χ4n) is 4.35. The molecule has 44 heavy (non-hydrogen) atoms. The van der Waals surface area contributed by atoms with E-state index in [2.05, 4.69) is 26.8 Å². The molecule has 1 saturated heterocycles. The maximum atomic E-state index is 13.7. The van der Waals surface area contributed by atoms with Crippen molar-refractivity contribution in [2.24, 2.45) is 5.73 Å². The van der Waals surface area contributed by atoms with E-state index < -0.39 is 17.3 Å². The van der Waals surface area contributed by atoms with Gasteiger partial charge in [0.05, 0.1) is 32.1 Å². The minimum absolute atomic E-state index is 0.0164. The number of halogens is 1. The van der Waals surface area contributed by atoms with Crippen LogP contribution in [0.15, 0.2) is 82.7 Å². The van der Waals surface area contributed by atoms with E-state index >= 15 is 0 Å². The molecule has 1 unspecified atom stereocenters. The van der Waals surface area contributed by atoms with Crippen LogP contribution in [-0.4, -0.2) is 49.5 Å². The molecule has 228 valence electrons. The van der Waals surface area contributed by atoms with Crippen molar-refractivity contribution in [2.45, 2.75) is 38.6 Å². The van der Waals surface area contributed by atoms with Crippen LogP contribution in [0.5, 0.6) is 11.6 Å². The van der Waals surface area contributed by atoms with Crippen LogP contribution >= 0.6 is 11.6 Å². The highest BCUT2D eigenvalue weighted by Gasteiger charge is 2.18. The SMILES string of the molecule is C=C(COC1CCCCO1)Cn1c(=O)nc(Nc2ccc(Oc3cnc(C(N)=O)cn3)cc2)n(Cc2ccc(Cl)cc2)c1=O. The Kier molecular flexibility index (Phi) is 9.79. The van der Waals surface area contributed by atoms with Gasteiger partial charge in [0.15, 0.2) is 6.29 Å². The van der Waals surface area contributed by atoms with Gasteiger partial charge in [-0.05, 0) is 66.8 Å². The number of benzene rings is 2. The Labute approximate surface area is 256 Å². The highest BCUT2D eigenvalue weighted by molar-refractivity contribution is 6.30. The molecule has 1 amide bonds. The molecule has 0 spiro atoms. The molecule has 3 heterocycles. The van der Waals surface area contributed by atoms with E-state index in [9.17, 15) is 14.4 Å². The number of primary amides is 1. The summed E-state index contributed by atoms with van der Waals surface area (Å²) in [6.07, 6.45) is 4.97. The zero-order chi connectivity index (χ0) is 31.1. The average Bonchev–Trinajstić information content (AvgIpc) is 3.03. The smallest absolute Gasteiger partial charge is 0.355 e. The summed E-state index contributed by atoms with van der Waals surface area (Å²) in [6, 6.07) is 13.7. The van der Waals surface area contributed by atoms with Crippen LogP contribution in [0.2, 0.25) is 5.02 Å².